The van der Waals surface area contributed by atoms with Crippen LogP contribution in [0.15, 0.2) is 24.3 Å². The molecule has 1 amide bonds. The fourth-order valence-corrected chi connectivity index (χ4v) is 1.30. The van der Waals surface area contributed by atoms with Crippen molar-refractivity contribution < 1.29 is 22.7 Å². The first-order chi connectivity index (χ1) is 9.31. The quantitative estimate of drug-likeness (QED) is 0.835. The molecule has 0 fully saturated rings. The predicted octanol–water partition coefficient (Wildman–Crippen LogP) is 2.35. The summed E-state index contributed by atoms with van der Waals surface area (Å²) in [6.07, 6.45) is -5.34. The van der Waals surface area contributed by atoms with Crippen molar-refractivity contribution in [2.45, 2.75) is 12.6 Å². The van der Waals surface area contributed by atoms with Gasteiger partial charge in [-0.25, -0.2) is 0 Å². The molecule has 0 heterocycles. The zero-order valence-electron chi connectivity index (χ0n) is 10.8. The maximum atomic E-state index is 12.0. The van der Waals surface area contributed by atoms with Gasteiger partial charge in [0.25, 0.3) is 5.91 Å². The van der Waals surface area contributed by atoms with Gasteiger partial charge in [-0.3, -0.25) is 4.79 Å². The Morgan fingerprint density at radius 2 is 1.95 bits per heavy atom. The summed E-state index contributed by atoms with van der Waals surface area (Å²) in [6, 6.07) is 8.00. The van der Waals surface area contributed by atoms with Gasteiger partial charge in [0.2, 0.25) is 0 Å². The molecular formula is C13H13F3N2O2. The van der Waals surface area contributed by atoms with E-state index in [1.807, 2.05) is 6.07 Å². The van der Waals surface area contributed by atoms with Crippen molar-refractivity contribution in [1.29, 1.82) is 5.26 Å². The molecule has 0 aliphatic rings. The number of hydrogen-bond acceptors (Lipinski definition) is 3. The molecule has 0 aliphatic carbocycles. The third-order valence-corrected chi connectivity index (χ3v) is 2.50. The second-order valence-electron chi connectivity index (χ2n) is 4.11. The van der Waals surface area contributed by atoms with Gasteiger partial charge >= 0.3 is 6.18 Å². The number of benzene rings is 1. The van der Waals surface area contributed by atoms with Gasteiger partial charge < -0.3 is 9.64 Å². The van der Waals surface area contributed by atoms with Crippen LogP contribution in [-0.4, -0.2) is 37.2 Å². The first-order valence-electron chi connectivity index (χ1n) is 5.75. The first-order valence-corrected chi connectivity index (χ1v) is 5.75. The minimum absolute atomic E-state index is 0.347. The molecule has 1 aromatic rings. The summed E-state index contributed by atoms with van der Waals surface area (Å²) in [7, 11) is 1.29. The highest BCUT2D eigenvalue weighted by molar-refractivity contribution is 5.77. The molecule has 0 aliphatic heterocycles. The Bertz CT molecular complexity index is 492. The van der Waals surface area contributed by atoms with Crippen LogP contribution >= 0.6 is 0 Å². The summed E-state index contributed by atoms with van der Waals surface area (Å²) >= 11 is 0. The number of alkyl halides is 3. The highest BCUT2D eigenvalue weighted by Gasteiger charge is 2.28. The SMILES string of the molecule is CN(CCC(F)(F)F)C(=O)COc1ccc(C#N)cc1. The molecule has 1 aromatic carbocycles. The summed E-state index contributed by atoms with van der Waals surface area (Å²) in [4.78, 5) is 12.5. The highest BCUT2D eigenvalue weighted by atomic mass is 19.4. The fourth-order valence-electron chi connectivity index (χ4n) is 1.30. The van der Waals surface area contributed by atoms with Gasteiger partial charge in [0, 0.05) is 13.6 Å². The molecule has 4 nitrogen and oxygen atoms in total. The Morgan fingerprint density at radius 3 is 2.45 bits per heavy atom. The van der Waals surface area contributed by atoms with Crippen molar-refractivity contribution in [2.75, 3.05) is 20.2 Å². The van der Waals surface area contributed by atoms with Crippen LogP contribution in [0.4, 0.5) is 13.2 Å². The third-order valence-electron chi connectivity index (χ3n) is 2.50. The lowest BCUT2D eigenvalue weighted by Crippen LogP contribution is -2.34. The summed E-state index contributed by atoms with van der Waals surface area (Å²) < 4.78 is 41.2. The largest absolute Gasteiger partial charge is 0.484 e. The van der Waals surface area contributed by atoms with Crippen LogP contribution in [0.1, 0.15) is 12.0 Å². The molecule has 0 aromatic heterocycles. The summed E-state index contributed by atoms with van der Waals surface area (Å²) in [5, 5.41) is 8.60. The fraction of sp³-hybridized carbons (Fsp3) is 0.385. The Labute approximate surface area is 114 Å². The van der Waals surface area contributed by atoms with E-state index in [9.17, 15) is 18.0 Å². The molecular weight excluding hydrogens is 273 g/mol. The molecule has 20 heavy (non-hydrogen) atoms. The van der Waals surface area contributed by atoms with Gasteiger partial charge in [0.05, 0.1) is 18.1 Å². The number of carbonyl (C=O) groups is 1. The van der Waals surface area contributed by atoms with Gasteiger partial charge in [-0.05, 0) is 24.3 Å². The molecule has 0 saturated heterocycles. The lowest BCUT2D eigenvalue weighted by atomic mass is 10.2. The molecule has 0 radical (unpaired) electrons. The van der Waals surface area contributed by atoms with E-state index < -0.39 is 25.0 Å². The Balaban J connectivity index is 2.40. The van der Waals surface area contributed by atoms with Crippen LogP contribution < -0.4 is 4.74 Å². The van der Waals surface area contributed by atoms with E-state index in [-0.39, 0.29) is 6.61 Å². The van der Waals surface area contributed by atoms with Crippen LogP contribution in [0.3, 0.4) is 0 Å². The Kier molecular flexibility index (Phi) is 5.38. The van der Waals surface area contributed by atoms with Gasteiger partial charge in [-0.2, -0.15) is 18.4 Å². The van der Waals surface area contributed by atoms with E-state index in [1.54, 1.807) is 0 Å². The van der Waals surface area contributed by atoms with Gasteiger partial charge in [0.1, 0.15) is 5.75 Å². The van der Waals surface area contributed by atoms with Crippen molar-refractivity contribution in [2.24, 2.45) is 0 Å². The van der Waals surface area contributed by atoms with E-state index in [0.29, 0.717) is 11.3 Å². The van der Waals surface area contributed by atoms with Crippen LogP contribution in [0, 0.1) is 11.3 Å². The summed E-state index contributed by atoms with van der Waals surface area (Å²) in [5.74, 6) is -0.166. The summed E-state index contributed by atoms with van der Waals surface area (Å²) in [6.45, 7) is -0.751. The smallest absolute Gasteiger partial charge is 0.390 e. The predicted molar refractivity (Wildman–Crippen MR) is 65.0 cm³/mol. The van der Waals surface area contributed by atoms with Crippen molar-refractivity contribution in [1.82, 2.24) is 4.90 Å². The topological polar surface area (TPSA) is 53.3 Å². The monoisotopic (exact) mass is 286 g/mol. The number of halogens is 3. The number of ether oxygens (including phenoxy) is 1. The summed E-state index contributed by atoms with van der Waals surface area (Å²) in [5.41, 5.74) is 0.450. The number of nitrogens with zero attached hydrogens (tertiary/aromatic N) is 2. The minimum atomic E-state index is -4.29. The Morgan fingerprint density at radius 1 is 1.35 bits per heavy atom. The molecule has 108 valence electrons. The molecule has 0 spiro atoms. The zero-order valence-corrected chi connectivity index (χ0v) is 10.8. The molecule has 1 rings (SSSR count). The van der Waals surface area contributed by atoms with Crippen LogP contribution in [0.25, 0.3) is 0 Å². The van der Waals surface area contributed by atoms with Gasteiger partial charge in [-0.1, -0.05) is 0 Å². The average Bonchev–Trinajstić information content (AvgIpc) is 2.41. The van der Waals surface area contributed by atoms with Gasteiger partial charge in [0.15, 0.2) is 6.61 Å². The van der Waals surface area contributed by atoms with Crippen LogP contribution in [0.5, 0.6) is 5.75 Å². The number of rotatable bonds is 5. The van der Waals surface area contributed by atoms with E-state index in [1.165, 1.54) is 31.3 Å². The number of likely N-dealkylation sites (N-methyl/N-ethyl adjacent to an activating group) is 1. The van der Waals surface area contributed by atoms with E-state index in [2.05, 4.69) is 0 Å². The average molecular weight is 286 g/mol. The Hall–Kier alpha value is -2.23. The second-order valence-corrected chi connectivity index (χ2v) is 4.11. The zero-order chi connectivity index (χ0) is 15.2. The van der Waals surface area contributed by atoms with Crippen molar-refractivity contribution in [3.05, 3.63) is 29.8 Å². The van der Waals surface area contributed by atoms with Gasteiger partial charge in [-0.15, -0.1) is 0 Å². The second kappa shape index (κ2) is 6.80. The van der Waals surface area contributed by atoms with Crippen molar-refractivity contribution >= 4 is 5.91 Å². The standard InChI is InChI=1S/C13H13F3N2O2/c1-18(7-6-13(14,15)16)12(19)9-20-11-4-2-10(8-17)3-5-11/h2-5H,6-7,9H2,1H3. The first kappa shape index (κ1) is 15.8. The third kappa shape index (κ3) is 5.61. The maximum Gasteiger partial charge on any atom is 0.390 e. The normalized spacial score (nSPS) is 10.8. The molecule has 0 saturated carbocycles. The maximum absolute atomic E-state index is 12.0. The lowest BCUT2D eigenvalue weighted by Gasteiger charge is -2.18. The van der Waals surface area contributed by atoms with Crippen LogP contribution in [0.2, 0.25) is 0 Å². The highest BCUT2D eigenvalue weighted by Crippen LogP contribution is 2.19. The lowest BCUT2D eigenvalue weighted by molar-refractivity contribution is -0.145. The van der Waals surface area contributed by atoms with E-state index >= 15 is 0 Å². The molecule has 0 atom stereocenters. The van der Waals surface area contributed by atoms with Crippen molar-refractivity contribution in [3.8, 4) is 11.8 Å². The molecule has 0 bridgehead atoms. The number of hydrogen-bond donors (Lipinski definition) is 0. The van der Waals surface area contributed by atoms with E-state index in [0.717, 1.165) is 4.90 Å². The number of amides is 1. The molecule has 0 unspecified atom stereocenters. The van der Waals surface area contributed by atoms with Crippen molar-refractivity contribution in [3.63, 3.8) is 0 Å². The number of nitriles is 1. The van der Waals surface area contributed by atoms with Crippen LogP contribution in [-0.2, 0) is 4.79 Å². The van der Waals surface area contributed by atoms with E-state index in [4.69, 9.17) is 10.00 Å². The number of carbonyl (C=O) groups excluding carboxylic acids is 1. The molecule has 7 heteroatoms. The molecule has 0 N–H and O–H groups in total. The minimum Gasteiger partial charge on any atom is -0.484 e.